The summed E-state index contributed by atoms with van der Waals surface area (Å²) in [5.41, 5.74) is 8.09. The Morgan fingerprint density at radius 2 is 1.71 bits per heavy atom. The third-order valence-electron chi connectivity index (χ3n) is 3.08. The molecule has 2 rings (SSSR count). The second-order valence-electron chi connectivity index (χ2n) is 4.66. The van der Waals surface area contributed by atoms with Crippen LogP contribution < -0.4 is 11.1 Å². The number of nitrogens with two attached hydrogens (primary N) is 1. The molecule has 0 aliphatic carbocycles. The molecule has 0 aliphatic rings. The van der Waals surface area contributed by atoms with Gasteiger partial charge >= 0.3 is 0 Å². The quantitative estimate of drug-likeness (QED) is 0.886. The van der Waals surface area contributed by atoms with Gasteiger partial charge in [-0.05, 0) is 42.3 Å². The van der Waals surface area contributed by atoms with Crippen molar-refractivity contribution in [3.8, 4) is 0 Å². The first-order valence-corrected chi connectivity index (χ1v) is 7.37. The topological polar surface area (TPSA) is 55.1 Å². The molecule has 0 aliphatic heterocycles. The summed E-state index contributed by atoms with van der Waals surface area (Å²) in [5, 5.41) is 3.69. The lowest BCUT2D eigenvalue weighted by atomic mass is 10.1. The number of halogens is 2. The number of benzene rings is 2. The lowest BCUT2D eigenvalue weighted by Crippen LogP contribution is -2.23. The molecule has 0 bridgehead atoms. The Balaban J connectivity index is 1.99. The van der Waals surface area contributed by atoms with Crippen molar-refractivity contribution >= 4 is 29.1 Å². The Morgan fingerprint density at radius 1 is 1.05 bits per heavy atom. The minimum atomic E-state index is -0.242. The molecule has 0 fully saturated rings. The van der Waals surface area contributed by atoms with Crippen LogP contribution >= 0.6 is 23.2 Å². The molecule has 1 amide bonds. The molecule has 0 heterocycles. The highest BCUT2D eigenvalue weighted by Gasteiger charge is 2.10. The molecular weight excluding hydrogens is 307 g/mol. The van der Waals surface area contributed by atoms with Gasteiger partial charge in [-0.2, -0.15) is 0 Å². The second-order valence-corrected chi connectivity index (χ2v) is 5.51. The monoisotopic (exact) mass is 322 g/mol. The lowest BCUT2D eigenvalue weighted by Gasteiger charge is -2.08. The van der Waals surface area contributed by atoms with Gasteiger partial charge < -0.3 is 11.1 Å². The zero-order chi connectivity index (χ0) is 15.2. The van der Waals surface area contributed by atoms with Gasteiger partial charge in [0.2, 0.25) is 0 Å². The predicted octanol–water partition coefficient (Wildman–Crippen LogP) is 3.42. The van der Waals surface area contributed by atoms with Gasteiger partial charge in [-0.15, -0.1) is 0 Å². The molecular formula is C16H16Cl2N2O. The van der Waals surface area contributed by atoms with Crippen LogP contribution in [0, 0.1) is 0 Å². The van der Waals surface area contributed by atoms with Crippen molar-refractivity contribution in [1.29, 1.82) is 0 Å². The summed E-state index contributed by atoms with van der Waals surface area (Å²) in [5.74, 6) is -0.242. The fourth-order valence-electron chi connectivity index (χ4n) is 1.94. The van der Waals surface area contributed by atoms with Crippen LogP contribution in [0.1, 0.15) is 21.5 Å². The van der Waals surface area contributed by atoms with E-state index >= 15 is 0 Å². The number of nitrogens with one attached hydrogen (secondary N) is 1. The van der Waals surface area contributed by atoms with Crippen LogP contribution in [0.2, 0.25) is 10.0 Å². The number of amides is 1. The SMILES string of the molecule is NCCc1ccc(CNC(=O)c2cc(Cl)ccc2Cl)cc1. The maximum Gasteiger partial charge on any atom is 0.253 e. The zero-order valence-corrected chi connectivity index (χ0v) is 12.9. The molecule has 3 N–H and O–H groups in total. The van der Waals surface area contributed by atoms with Crippen LogP contribution in [-0.2, 0) is 13.0 Å². The van der Waals surface area contributed by atoms with Gasteiger partial charge in [0, 0.05) is 11.6 Å². The average Bonchev–Trinajstić information content (AvgIpc) is 2.49. The highest BCUT2D eigenvalue weighted by Crippen LogP contribution is 2.20. The standard InChI is InChI=1S/C16H16Cl2N2O/c17-13-5-6-15(18)14(9-13)16(21)20-10-12-3-1-11(2-4-12)7-8-19/h1-6,9H,7-8,10,19H2,(H,20,21). The molecule has 0 spiro atoms. The van der Waals surface area contributed by atoms with E-state index in [2.05, 4.69) is 5.32 Å². The number of hydrogen-bond acceptors (Lipinski definition) is 2. The van der Waals surface area contributed by atoms with Gasteiger partial charge in [0.25, 0.3) is 5.91 Å². The number of hydrogen-bond donors (Lipinski definition) is 2. The molecule has 0 unspecified atom stereocenters. The van der Waals surface area contributed by atoms with E-state index in [0.29, 0.717) is 28.7 Å². The van der Waals surface area contributed by atoms with Crippen LogP contribution in [0.5, 0.6) is 0 Å². The van der Waals surface area contributed by atoms with E-state index in [9.17, 15) is 4.79 Å². The van der Waals surface area contributed by atoms with Crippen LogP contribution in [0.4, 0.5) is 0 Å². The molecule has 5 heteroatoms. The first-order valence-electron chi connectivity index (χ1n) is 6.61. The van der Waals surface area contributed by atoms with E-state index in [1.807, 2.05) is 24.3 Å². The minimum Gasteiger partial charge on any atom is -0.348 e. The maximum absolute atomic E-state index is 12.1. The molecule has 0 saturated carbocycles. The molecule has 3 nitrogen and oxygen atoms in total. The largest absolute Gasteiger partial charge is 0.348 e. The highest BCUT2D eigenvalue weighted by atomic mass is 35.5. The Morgan fingerprint density at radius 3 is 2.38 bits per heavy atom. The van der Waals surface area contributed by atoms with Gasteiger partial charge in [-0.1, -0.05) is 47.5 Å². The first kappa shape index (κ1) is 15.8. The Hall–Kier alpha value is -1.55. The van der Waals surface area contributed by atoms with Crippen LogP contribution in [0.3, 0.4) is 0 Å². The van der Waals surface area contributed by atoms with Crippen LogP contribution in [0.15, 0.2) is 42.5 Å². The van der Waals surface area contributed by atoms with E-state index in [4.69, 9.17) is 28.9 Å². The fraction of sp³-hybridized carbons (Fsp3) is 0.188. The second kappa shape index (κ2) is 7.46. The lowest BCUT2D eigenvalue weighted by molar-refractivity contribution is 0.0951. The van der Waals surface area contributed by atoms with E-state index < -0.39 is 0 Å². The third-order valence-corrected chi connectivity index (χ3v) is 3.65. The van der Waals surface area contributed by atoms with E-state index in [1.54, 1.807) is 18.2 Å². The summed E-state index contributed by atoms with van der Waals surface area (Å²) >= 11 is 11.9. The van der Waals surface area contributed by atoms with Crippen LogP contribution in [0.25, 0.3) is 0 Å². The van der Waals surface area contributed by atoms with Crippen molar-refractivity contribution in [3.05, 3.63) is 69.2 Å². The molecule has 21 heavy (non-hydrogen) atoms. The van der Waals surface area contributed by atoms with Crippen LogP contribution in [-0.4, -0.2) is 12.5 Å². The Bertz CT molecular complexity index is 627. The molecule has 2 aromatic carbocycles. The van der Waals surface area contributed by atoms with Gasteiger partial charge in [-0.3, -0.25) is 4.79 Å². The summed E-state index contributed by atoms with van der Waals surface area (Å²) in [6.45, 7) is 1.06. The number of rotatable bonds is 5. The third kappa shape index (κ3) is 4.46. The van der Waals surface area contributed by atoms with Gasteiger partial charge in [0.05, 0.1) is 10.6 Å². The highest BCUT2D eigenvalue weighted by molar-refractivity contribution is 6.35. The Kier molecular flexibility index (Phi) is 5.62. The number of carbonyl (C=O) groups excluding carboxylic acids is 1. The predicted molar refractivity (Wildman–Crippen MR) is 86.8 cm³/mol. The summed E-state index contributed by atoms with van der Waals surface area (Å²) in [6.07, 6.45) is 0.852. The van der Waals surface area contributed by atoms with Crippen molar-refractivity contribution in [2.75, 3.05) is 6.54 Å². The first-order chi connectivity index (χ1) is 10.1. The molecule has 110 valence electrons. The van der Waals surface area contributed by atoms with E-state index in [0.717, 1.165) is 12.0 Å². The van der Waals surface area contributed by atoms with Crippen molar-refractivity contribution < 1.29 is 4.79 Å². The number of carbonyl (C=O) groups is 1. The van der Waals surface area contributed by atoms with Crippen molar-refractivity contribution in [1.82, 2.24) is 5.32 Å². The zero-order valence-electron chi connectivity index (χ0n) is 11.4. The summed E-state index contributed by atoms with van der Waals surface area (Å²) < 4.78 is 0. The molecule has 0 radical (unpaired) electrons. The fourth-order valence-corrected chi connectivity index (χ4v) is 2.31. The summed E-state index contributed by atoms with van der Waals surface area (Å²) in [4.78, 5) is 12.1. The van der Waals surface area contributed by atoms with E-state index in [-0.39, 0.29) is 5.91 Å². The van der Waals surface area contributed by atoms with E-state index in [1.165, 1.54) is 5.56 Å². The molecule has 0 atom stereocenters. The van der Waals surface area contributed by atoms with Crippen molar-refractivity contribution in [2.45, 2.75) is 13.0 Å². The van der Waals surface area contributed by atoms with Gasteiger partial charge in [0.15, 0.2) is 0 Å². The normalized spacial score (nSPS) is 10.4. The summed E-state index contributed by atoms with van der Waals surface area (Å²) in [7, 11) is 0. The molecule has 2 aromatic rings. The van der Waals surface area contributed by atoms with Crippen molar-refractivity contribution in [3.63, 3.8) is 0 Å². The minimum absolute atomic E-state index is 0.242. The Labute approximate surface area is 134 Å². The van der Waals surface area contributed by atoms with Gasteiger partial charge in [0.1, 0.15) is 0 Å². The molecule has 0 aromatic heterocycles. The van der Waals surface area contributed by atoms with Gasteiger partial charge in [-0.25, -0.2) is 0 Å². The average molecular weight is 323 g/mol. The molecule has 0 saturated heterocycles. The smallest absolute Gasteiger partial charge is 0.253 e. The maximum atomic E-state index is 12.1. The van der Waals surface area contributed by atoms with Crippen molar-refractivity contribution in [2.24, 2.45) is 5.73 Å². The summed E-state index contributed by atoms with van der Waals surface area (Å²) in [6, 6.07) is 12.8.